The van der Waals surface area contributed by atoms with Crippen LogP contribution in [0.1, 0.15) is 39.5 Å². The molecule has 1 atom stereocenters. The molecule has 0 amide bonds. The van der Waals surface area contributed by atoms with Gasteiger partial charge in [0.15, 0.2) is 0 Å². The number of carbonyl (C=O) groups is 2. The van der Waals surface area contributed by atoms with Crippen LogP contribution in [0.2, 0.25) is 0 Å². The van der Waals surface area contributed by atoms with Crippen molar-refractivity contribution in [2.45, 2.75) is 39.5 Å². The van der Waals surface area contributed by atoms with Crippen LogP contribution in [-0.2, 0) is 14.3 Å². The van der Waals surface area contributed by atoms with Crippen LogP contribution in [0.5, 0.6) is 0 Å². The summed E-state index contributed by atoms with van der Waals surface area (Å²) in [6, 6.07) is 0. The lowest BCUT2D eigenvalue weighted by molar-refractivity contribution is -0.143. The maximum absolute atomic E-state index is 11.4. The second-order valence-corrected chi connectivity index (χ2v) is 3.10. The summed E-state index contributed by atoms with van der Waals surface area (Å²) in [6.07, 6.45) is 2.35. The number of carbonyl (C=O) groups excluding carboxylic acids is 2. The highest BCUT2D eigenvalue weighted by molar-refractivity contribution is 5.85. The fourth-order valence-electron chi connectivity index (χ4n) is 1.22. The average Bonchev–Trinajstić information content (AvgIpc) is 2.14. The van der Waals surface area contributed by atoms with Crippen LogP contribution in [0.4, 0.5) is 0 Å². The molecule has 0 aromatic rings. The average molecular weight is 186 g/mol. The van der Waals surface area contributed by atoms with Crippen LogP contribution in [0.3, 0.4) is 0 Å². The molecular formula is C10H18O3. The first-order chi connectivity index (χ1) is 6.15. The van der Waals surface area contributed by atoms with E-state index in [0.29, 0.717) is 12.8 Å². The number of Topliss-reactive ketones (excluding diaryl/α,β-unsaturated/α-hetero) is 1. The molecule has 0 spiro atoms. The largest absolute Gasteiger partial charge is 0.469 e. The molecule has 0 aromatic carbocycles. The Morgan fingerprint density at radius 3 is 2.31 bits per heavy atom. The molecule has 0 bridgehead atoms. The summed E-state index contributed by atoms with van der Waals surface area (Å²) < 4.78 is 4.52. The summed E-state index contributed by atoms with van der Waals surface area (Å²) >= 11 is 0. The molecular weight excluding hydrogens is 168 g/mol. The highest BCUT2D eigenvalue weighted by Gasteiger charge is 2.19. The molecule has 0 heterocycles. The third-order valence-corrected chi connectivity index (χ3v) is 2.09. The fraction of sp³-hybridized carbons (Fsp3) is 0.800. The van der Waals surface area contributed by atoms with E-state index in [9.17, 15) is 9.59 Å². The van der Waals surface area contributed by atoms with Crippen LogP contribution >= 0.6 is 0 Å². The second-order valence-electron chi connectivity index (χ2n) is 3.10. The number of esters is 1. The number of rotatable bonds is 6. The first-order valence-corrected chi connectivity index (χ1v) is 4.75. The third-order valence-electron chi connectivity index (χ3n) is 2.09. The Kier molecular flexibility index (Phi) is 6.20. The van der Waals surface area contributed by atoms with Crippen molar-refractivity contribution in [2.75, 3.05) is 7.11 Å². The predicted molar refractivity (Wildman–Crippen MR) is 50.3 cm³/mol. The number of ether oxygens (including phenoxy) is 1. The van der Waals surface area contributed by atoms with Gasteiger partial charge >= 0.3 is 5.97 Å². The molecule has 0 unspecified atom stereocenters. The zero-order valence-corrected chi connectivity index (χ0v) is 8.63. The lowest BCUT2D eigenvalue weighted by Crippen LogP contribution is -2.18. The molecule has 0 saturated carbocycles. The zero-order chi connectivity index (χ0) is 10.3. The predicted octanol–water partition coefficient (Wildman–Crippen LogP) is 1.94. The van der Waals surface area contributed by atoms with Crippen molar-refractivity contribution in [3.63, 3.8) is 0 Å². The lowest BCUT2D eigenvalue weighted by atomic mass is 9.94. The Bertz CT molecular complexity index is 175. The van der Waals surface area contributed by atoms with Crippen LogP contribution in [0.25, 0.3) is 0 Å². The van der Waals surface area contributed by atoms with Gasteiger partial charge in [0, 0.05) is 12.3 Å². The molecule has 76 valence electrons. The monoisotopic (exact) mass is 186 g/mol. The Morgan fingerprint density at radius 1 is 1.31 bits per heavy atom. The van der Waals surface area contributed by atoms with Crippen LogP contribution in [-0.4, -0.2) is 18.9 Å². The van der Waals surface area contributed by atoms with Crippen molar-refractivity contribution in [1.82, 2.24) is 0 Å². The molecule has 13 heavy (non-hydrogen) atoms. The molecule has 0 N–H and O–H groups in total. The van der Waals surface area contributed by atoms with E-state index >= 15 is 0 Å². The molecule has 0 radical (unpaired) electrons. The minimum Gasteiger partial charge on any atom is -0.469 e. The fourth-order valence-corrected chi connectivity index (χ4v) is 1.22. The molecule has 0 aliphatic carbocycles. The highest BCUT2D eigenvalue weighted by atomic mass is 16.5. The zero-order valence-electron chi connectivity index (χ0n) is 8.63. The molecule has 3 nitrogen and oxygen atoms in total. The van der Waals surface area contributed by atoms with Gasteiger partial charge in [-0.25, -0.2) is 0 Å². The van der Waals surface area contributed by atoms with Crippen LogP contribution in [0.15, 0.2) is 0 Å². The first-order valence-electron chi connectivity index (χ1n) is 4.75. The Labute approximate surface area is 79.5 Å². The number of methoxy groups -OCH3 is 1. The molecule has 3 heteroatoms. The minimum absolute atomic E-state index is 0.146. The van der Waals surface area contributed by atoms with Gasteiger partial charge in [-0.15, -0.1) is 0 Å². The number of hydrogen-bond donors (Lipinski definition) is 0. The maximum atomic E-state index is 11.4. The quantitative estimate of drug-likeness (QED) is 0.595. The molecule has 0 aliphatic rings. The summed E-state index contributed by atoms with van der Waals surface area (Å²) in [6.45, 7) is 3.88. The topological polar surface area (TPSA) is 43.4 Å². The van der Waals surface area contributed by atoms with E-state index in [1.54, 1.807) is 0 Å². The standard InChI is InChI=1S/C10H18O3/c1-4-6-9(11)8(5-2)7-10(12)13-3/h8H,4-7H2,1-3H3/t8-/m1/s1. The van der Waals surface area contributed by atoms with Gasteiger partial charge < -0.3 is 4.74 Å². The molecule has 0 aromatic heterocycles. The van der Waals surface area contributed by atoms with Crippen molar-refractivity contribution >= 4 is 11.8 Å². The van der Waals surface area contributed by atoms with Crippen LogP contribution < -0.4 is 0 Å². The summed E-state index contributed by atoms with van der Waals surface area (Å²) in [7, 11) is 1.35. The molecule has 0 aliphatic heterocycles. The van der Waals surface area contributed by atoms with E-state index in [4.69, 9.17) is 0 Å². The van der Waals surface area contributed by atoms with E-state index < -0.39 is 0 Å². The van der Waals surface area contributed by atoms with Gasteiger partial charge in [0.25, 0.3) is 0 Å². The minimum atomic E-state index is -0.295. The SMILES string of the molecule is CCCC(=O)[C@H](CC)CC(=O)OC. The maximum Gasteiger partial charge on any atom is 0.306 e. The van der Waals surface area contributed by atoms with Gasteiger partial charge in [0.05, 0.1) is 13.5 Å². The normalized spacial score (nSPS) is 12.2. The number of hydrogen-bond acceptors (Lipinski definition) is 3. The number of ketones is 1. The van der Waals surface area contributed by atoms with Gasteiger partial charge in [0.1, 0.15) is 5.78 Å². The lowest BCUT2D eigenvalue weighted by Gasteiger charge is -2.10. The first kappa shape index (κ1) is 12.1. The van der Waals surface area contributed by atoms with Crippen molar-refractivity contribution < 1.29 is 14.3 Å². The van der Waals surface area contributed by atoms with Crippen LogP contribution in [0, 0.1) is 5.92 Å². The smallest absolute Gasteiger partial charge is 0.306 e. The van der Waals surface area contributed by atoms with Crippen molar-refractivity contribution in [3.05, 3.63) is 0 Å². The Hall–Kier alpha value is -0.860. The van der Waals surface area contributed by atoms with Crippen molar-refractivity contribution in [1.29, 1.82) is 0 Å². The van der Waals surface area contributed by atoms with Crippen molar-refractivity contribution in [2.24, 2.45) is 5.92 Å². The molecule has 0 rings (SSSR count). The Morgan fingerprint density at radius 2 is 1.92 bits per heavy atom. The molecule has 0 fully saturated rings. The van der Waals surface area contributed by atoms with E-state index in [-0.39, 0.29) is 24.1 Å². The Balaban J connectivity index is 4.01. The van der Waals surface area contributed by atoms with Crippen molar-refractivity contribution in [3.8, 4) is 0 Å². The van der Waals surface area contributed by atoms with E-state index in [0.717, 1.165) is 6.42 Å². The van der Waals surface area contributed by atoms with Gasteiger partial charge in [-0.05, 0) is 12.8 Å². The summed E-state index contributed by atoms with van der Waals surface area (Å²) in [4.78, 5) is 22.3. The van der Waals surface area contributed by atoms with Gasteiger partial charge in [-0.1, -0.05) is 13.8 Å². The summed E-state index contributed by atoms with van der Waals surface area (Å²) in [5.74, 6) is -0.265. The van der Waals surface area contributed by atoms with E-state index in [1.165, 1.54) is 7.11 Å². The second kappa shape index (κ2) is 6.63. The van der Waals surface area contributed by atoms with E-state index in [2.05, 4.69) is 4.74 Å². The summed E-state index contributed by atoms with van der Waals surface area (Å²) in [5, 5.41) is 0. The third kappa shape index (κ3) is 4.65. The van der Waals surface area contributed by atoms with Gasteiger partial charge in [-0.3, -0.25) is 9.59 Å². The van der Waals surface area contributed by atoms with E-state index in [1.807, 2.05) is 13.8 Å². The van der Waals surface area contributed by atoms with Gasteiger partial charge in [0.2, 0.25) is 0 Å². The highest BCUT2D eigenvalue weighted by Crippen LogP contribution is 2.13. The van der Waals surface area contributed by atoms with Gasteiger partial charge in [-0.2, -0.15) is 0 Å². The summed E-state index contributed by atoms with van der Waals surface area (Å²) in [5.41, 5.74) is 0. The molecule has 0 saturated heterocycles.